The number of nitrogens with zero attached hydrogens (tertiary/aromatic N) is 4. The molecule has 0 radical (unpaired) electrons. The first-order chi connectivity index (χ1) is 7.38. The SMILES string of the molecule is CCNCCn1nnnc1SCC=CCl. The van der Waals surface area contributed by atoms with Crippen LogP contribution in [0.25, 0.3) is 0 Å². The molecule has 0 aliphatic rings. The molecule has 0 unspecified atom stereocenters. The Labute approximate surface area is 98.3 Å². The van der Waals surface area contributed by atoms with Gasteiger partial charge in [0.1, 0.15) is 0 Å². The summed E-state index contributed by atoms with van der Waals surface area (Å²) in [5.74, 6) is 0.783. The number of hydrogen-bond acceptors (Lipinski definition) is 5. The van der Waals surface area contributed by atoms with Crippen LogP contribution < -0.4 is 5.32 Å². The average Bonchev–Trinajstić information content (AvgIpc) is 2.67. The van der Waals surface area contributed by atoms with Gasteiger partial charge >= 0.3 is 0 Å². The molecule has 0 aliphatic carbocycles. The highest BCUT2D eigenvalue weighted by Crippen LogP contribution is 2.13. The monoisotopic (exact) mass is 247 g/mol. The van der Waals surface area contributed by atoms with E-state index in [-0.39, 0.29) is 0 Å². The molecular weight excluding hydrogens is 234 g/mol. The van der Waals surface area contributed by atoms with Crippen LogP contribution in [0.3, 0.4) is 0 Å². The first-order valence-electron chi connectivity index (χ1n) is 4.73. The van der Waals surface area contributed by atoms with Gasteiger partial charge in [0.2, 0.25) is 5.16 Å². The van der Waals surface area contributed by atoms with Gasteiger partial charge in [0, 0.05) is 17.8 Å². The summed E-state index contributed by atoms with van der Waals surface area (Å²) in [6.45, 7) is 4.69. The van der Waals surface area contributed by atoms with Crippen molar-refractivity contribution in [2.45, 2.75) is 18.6 Å². The zero-order chi connectivity index (χ0) is 10.9. The Kier molecular flexibility index (Phi) is 6.38. The summed E-state index contributed by atoms with van der Waals surface area (Å²) in [7, 11) is 0. The highest BCUT2D eigenvalue weighted by atomic mass is 35.5. The maximum atomic E-state index is 5.42. The van der Waals surface area contributed by atoms with Crippen LogP contribution in [0.4, 0.5) is 0 Å². The van der Waals surface area contributed by atoms with Crippen molar-refractivity contribution in [3.8, 4) is 0 Å². The molecule has 1 heterocycles. The molecular formula is C8H14ClN5S. The van der Waals surface area contributed by atoms with Crippen molar-refractivity contribution < 1.29 is 0 Å². The van der Waals surface area contributed by atoms with Crippen LogP contribution in [0, 0.1) is 0 Å². The van der Waals surface area contributed by atoms with Crippen LogP contribution in [-0.4, -0.2) is 39.0 Å². The van der Waals surface area contributed by atoms with Gasteiger partial charge in [0.25, 0.3) is 0 Å². The van der Waals surface area contributed by atoms with Gasteiger partial charge in [-0.2, -0.15) is 0 Å². The largest absolute Gasteiger partial charge is 0.315 e. The summed E-state index contributed by atoms with van der Waals surface area (Å²) in [6.07, 6.45) is 1.86. The van der Waals surface area contributed by atoms with Crippen LogP contribution >= 0.6 is 23.4 Å². The molecule has 84 valence electrons. The summed E-state index contributed by atoms with van der Waals surface area (Å²) in [6, 6.07) is 0. The Balaban J connectivity index is 2.38. The van der Waals surface area contributed by atoms with Crippen molar-refractivity contribution in [1.29, 1.82) is 0 Å². The number of likely N-dealkylation sites (N-methyl/N-ethyl adjacent to an activating group) is 1. The first-order valence-corrected chi connectivity index (χ1v) is 6.15. The summed E-state index contributed by atoms with van der Waals surface area (Å²) in [5, 5.41) is 15.5. The molecule has 0 atom stereocenters. The molecule has 0 saturated heterocycles. The van der Waals surface area contributed by atoms with Crippen molar-refractivity contribution in [2.24, 2.45) is 0 Å². The van der Waals surface area contributed by atoms with Crippen LogP contribution in [0.15, 0.2) is 16.8 Å². The Hall–Kier alpha value is -0.590. The summed E-state index contributed by atoms with van der Waals surface area (Å²) < 4.78 is 1.79. The maximum Gasteiger partial charge on any atom is 0.209 e. The molecule has 5 nitrogen and oxygen atoms in total. The Morgan fingerprint density at radius 2 is 2.47 bits per heavy atom. The molecule has 0 fully saturated rings. The second-order valence-corrected chi connectivity index (χ2v) is 3.95. The summed E-state index contributed by atoms with van der Waals surface area (Å²) in [4.78, 5) is 0. The highest BCUT2D eigenvalue weighted by molar-refractivity contribution is 7.99. The van der Waals surface area contributed by atoms with Gasteiger partial charge in [0.05, 0.1) is 6.54 Å². The summed E-state index contributed by atoms with van der Waals surface area (Å²) in [5.41, 5.74) is 1.50. The van der Waals surface area contributed by atoms with E-state index in [1.807, 2.05) is 6.08 Å². The van der Waals surface area contributed by atoms with E-state index in [1.54, 1.807) is 16.4 Å². The van der Waals surface area contributed by atoms with Gasteiger partial charge in [0.15, 0.2) is 0 Å². The second-order valence-electron chi connectivity index (χ2n) is 2.71. The Bertz CT molecular complexity index is 301. The minimum Gasteiger partial charge on any atom is -0.315 e. The molecule has 0 aromatic carbocycles. The lowest BCUT2D eigenvalue weighted by Crippen LogP contribution is -2.20. The minimum atomic E-state index is 0.783. The van der Waals surface area contributed by atoms with Gasteiger partial charge in [-0.3, -0.25) is 0 Å². The van der Waals surface area contributed by atoms with E-state index < -0.39 is 0 Å². The fourth-order valence-corrected chi connectivity index (χ4v) is 1.87. The average molecular weight is 248 g/mol. The molecule has 1 rings (SSSR count). The van der Waals surface area contributed by atoms with Crippen molar-refractivity contribution in [3.05, 3.63) is 11.6 Å². The van der Waals surface area contributed by atoms with Gasteiger partial charge in [-0.05, 0) is 17.0 Å². The third-order valence-corrected chi connectivity index (χ3v) is 2.74. The zero-order valence-electron chi connectivity index (χ0n) is 8.56. The zero-order valence-corrected chi connectivity index (χ0v) is 10.1. The molecule has 0 aliphatic heterocycles. The second kappa shape index (κ2) is 7.67. The molecule has 0 spiro atoms. The number of aromatic nitrogens is 4. The third-order valence-electron chi connectivity index (χ3n) is 1.65. The Morgan fingerprint density at radius 1 is 1.60 bits per heavy atom. The van der Waals surface area contributed by atoms with Crippen LogP contribution in [0.2, 0.25) is 0 Å². The normalized spacial score (nSPS) is 11.3. The van der Waals surface area contributed by atoms with Gasteiger partial charge in [-0.25, -0.2) is 4.68 Å². The van der Waals surface area contributed by atoms with Crippen molar-refractivity contribution in [2.75, 3.05) is 18.8 Å². The van der Waals surface area contributed by atoms with Gasteiger partial charge < -0.3 is 5.32 Å². The Morgan fingerprint density at radius 3 is 3.20 bits per heavy atom. The molecule has 7 heteroatoms. The van der Waals surface area contributed by atoms with Crippen LogP contribution in [-0.2, 0) is 6.54 Å². The maximum absolute atomic E-state index is 5.42. The topological polar surface area (TPSA) is 55.6 Å². The van der Waals surface area contributed by atoms with E-state index in [4.69, 9.17) is 11.6 Å². The lowest BCUT2D eigenvalue weighted by atomic mass is 10.6. The first kappa shape index (κ1) is 12.5. The van der Waals surface area contributed by atoms with Gasteiger partial charge in [-0.1, -0.05) is 36.4 Å². The molecule has 1 aromatic heterocycles. The lowest BCUT2D eigenvalue weighted by Gasteiger charge is -2.03. The van der Waals surface area contributed by atoms with E-state index >= 15 is 0 Å². The predicted molar refractivity (Wildman–Crippen MR) is 62.1 cm³/mol. The highest BCUT2D eigenvalue weighted by Gasteiger charge is 2.04. The number of tetrazole rings is 1. The van der Waals surface area contributed by atoms with E-state index in [0.717, 1.165) is 30.5 Å². The third kappa shape index (κ3) is 4.63. The number of thioether (sulfide) groups is 1. The van der Waals surface area contributed by atoms with E-state index in [0.29, 0.717) is 0 Å². The van der Waals surface area contributed by atoms with Gasteiger partial charge in [-0.15, -0.1) is 5.10 Å². The van der Waals surface area contributed by atoms with E-state index in [2.05, 4.69) is 27.8 Å². The number of rotatable bonds is 7. The predicted octanol–water partition coefficient (Wildman–Crippen LogP) is 1.13. The minimum absolute atomic E-state index is 0.783. The van der Waals surface area contributed by atoms with Crippen molar-refractivity contribution in [1.82, 2.24) is 25.5 Å². The van der Waals surface area contributed by atoms with Crippen LogP contribution in [0.1, 0.15) is 6.92 Å². The molecule has 0 amide bonds. The van der Waals surface area contributed by atoms with E-state index in [1.165, 1.54) is 5.54 Å². The van der Waals surface area contributed by atoms with Crippen molar-refractivity contribution >= 4 is 23.4 Å². The number of halogens is 1. The molecule has 1 aromatic rings. The number of hydrogen-bond donors (Lipinski definition) is 1. The van der Waals surface area contributed by atoms with E-state index in [9.17, 15) is 0 Å². The molecule has 0 bridgehead atoms. The lowest BCUT2D eigenvalue weighted by molar-refractivity contribution is 0.518. The fourth-order valence-electron chi connectivity index (χ4n) is 0.961. The number of nitrogens with one attached hydrogen (secondary N) is 1. The molecule has 1 N–H and O–H groups in total. The molecule has 0 saturated carbocycles. The summed E-state index contributed by atoms with van der Waals surface area (Å²) >= 11 is 6.99. The molecule has 15 heavy (non-hydrogen) atoms. The van der Waals surface area contributed by atoms with Crippen LogP contribution in [0.5, 0.6) is 0 Å². The quantitative estimate of drug-likeness (QED) is 0.578. The van der Waals surface area contributed by atoms with Crippen molar-refractivity contribution in [3.63, 3.8) is 0 Å². The standard InChI is InChI=1S/C8H14ClN5S/c1-2-10-5-6-14-8(11-12-13-14)15-7-3-4-9/h3-4,10H,2,5-7H2,1H3. The smallest absolute Gasteiger partial charge is 0.209 e. The fraction of sp³-hybridized carbons (Fsp3) is 0.625.